The molecule has 5 nitrogen and oxygen atoms in total. The van der Waals surface area contributed by atoms with Gasteiger partial charge in [-0.3, -0.25) is 4.79 Å². The first-order valence-electron chi connectivity index (χ1n) is 6.26. The van der Waals surface area contributed by atoms with Crippen molar-refractivity contribution >= 4 is 11.9 Å². The summed E-state index contributed by atoms with van der Waals surface area (Å²) in [6.07, 6.45) is 0.0994. The van der Waals surface area contributed by atoms with Gasteiger partial charge in [0.1, 0.15) is 0 Å². The van der Waals surface area contributed by atoms with Crippen molar-refractivity contribution in [1.82, 2.24) is 9.97 Å². The Hall–Kier alpha value is -1.65. The van der Waals surface area contributed by atoms with E-state index in [1.54, 1.807) is 0 Å². The van der Waals surface area contributed by atoms with E-state index in [0.29, 0.717) is 25.0 Å². The van der Waals surface area contributed by atoms with Crippen LogP contribution in [0, 0.1) is 6.92 Å². The highest BCUT2D eigenvalue weighted by molar-refractivity contribution is 5.67. The van der Waals surface area contributed by atoms with Crippen molar-refractivity contribution in [1.29, 1.82) is 0 Å². The minimum Gasteiger partial charge on any atom is -0.481 e. The van der Waals surface area contributed by atoms with Gasteiger partial charge in [-0.1, -0.05) is 13.8 Å². The number of aliphatic carboxylic acids is 1. The topological polar surface area (TPSA) is 66.3 Å². The molecule has 5 heteroatoms. The maximum atomic E-state index is 10.6. The van der Waals surface area contributed by atoms with Gasteiger partial charge in [-0.25, -0.2) is 9.97 Å². The second-order valence-corrected chi connectivity index (χ2v) is 4.61. The van der Waals surface area contributed by atoms with Crippen LogP contribution in [0.5, 0.6) is 0 Å². The Bertz CT molecular complexity index is 419. The van der Waals surface area contributed by atoms with Crippen LogP contribution in [0.2, 0.25) is 0 Å². The van der Waals surface area contributed by atoms with Gasteiger partial charge >= 0.3 is 5.97 Å². The molecule has 0 fully saturated rings. The number of hydrogen-bond acceptors (Lipinski definition) is 4. The quantitative estimate of drug-likeness (QED) is 0.839. The van der Waals surface area contributed by atoms with Crippen LogP contribution in [0.4, 0.5) is 5.95 Å². The number of nitrogens with zero attached hydrogens (tertiary/aromatic N) is 3. The summed E-state index contributed by atoms with van der Waals surface area (Å²) in [5.41, 5.74) is 1.91. The Labute approximate surface area is 108 Å². The second kappa shape index (κ2) is 6.33. The fourth-order valence-corrected chi connectivity index (χ4v) is 1.64. The average Bonchev–Trinajstić information content (AvgIpc) is 2.28. The monoisotopic (exact) mass is 251 g/mol. The van der Waals surface area contributed by atoms with Gasteiger partial charge in [0.25, 0.3) is 0 Å². The van der Waals surface area contributed by atoms with Gasteiger partial charge in [0, 0.05) is 24.5 Å². The molecule has 18 heavy (non-hydrogen) atoms. The fraction of sp³-hybridized carbons (Fsp3) is 0.615. The molecular weight excluding hydrogens is 230 g/mol. The van der Waals surface area contributed by atoms with Crippen molar-refractivity contribution in [2.75, 3.05) is 18.0 Å². The smallest absolute Gasteiger partial charge is 0.305 e. The number of hydrogen-bond donors (Lipinski definition) is 1. The summed E-state index contributed by atoms with van der Waals surface area (Å²) in [4.78, 5) is 21.4. The van der Waals surface area contributed by atoms with E-state index < -0.39 is 5.97 Å². The molecule has 0 amide bonds. The van der Waals surface area contributed by atoms with E-state index >= 15 is 0 Å². The molecule has 0 aliphatic carbocycles. The summed E-state index contributed by atoms with van der Waals surface area (Å²) in [6, 6.07) is 1.97. The van der Waals surface area contributed by atoms with Gasteiger partial charge in [0.05, 0.1) is 6.42 Å². The summed E-state index contributed by atoms with van der Waals surface area (Å²) >= 11 is 0. The van der Waals surface area contributed by atoms with Gasteiger partial charge in [0.2, 0.25) is 5.95 Å². The maximum absolute atomic E-state index is 10.6. The number of anilines is 1. The van der Waals surface area contributed by atoms with Crippen LogP contribution in [-0.4, -0.2) is 34.1 Å². The van der Waals surface area contributed by atoms with Gasteiger partial charge in [0.15, 0.2) is 0 Å². The number of carboxylic acids is 1. The van der Waals surface area contributed by atoms with Crippen LogP contribution in [0.15, 0.2) is 6.07 Å². The van der Waals surface area contributed by atoms with Crippen LogP contribution < -0.4 is 4.90 Å². The zero-order chi connectivity index (χ0) is 13.7. The molecule has 1 aromatic rings. The molecule has 0 bridgehead atoms. The maximum Gasteiger partial charge on any atom is 0.305 e. The molecule has 0 aliphatic heterocycles. The van der Waals surface area contributed by atoms with Crippen molar-refractivity contribution in [3.8, 4) is 0 Å². The summed E-state index contributed by atoms with van der Waals surface area (Å²) < 4.78 is 0. The third-order valence-corrected chi connectivity index (χ3v) is 2.71. The molecule has 0 radical (unpaired) electrons. The number of carboxylic acid groups (broad SMARTS) is 1. The molecule has 1 heterocycles. The second-order valence-electron chi connectivity index (χ2n) is 4.61. The van der Waals surface area contributed by atoms with E-state index in [1.807, 2.05) is 24.8 Å². The molecule has 0 spiro atoms. The van der Waals surface area contributed by atoms with Crippen molar-refractivity contribution in [3.63, 3.8) is 0 Å². The fourth-order valence-electron chi connectivity index (χ4n) is 1.64. The van der Waals surface area contributed by atoms with Gasteiger partial charge < -0.3 is 10.0 Å². The Balaban J connectivity index is 2.94. The zero-order valence-electron chi connectivity index (χ0n) is 11.5. The highest BCUT2D eigenvalue weighted by Crippen LogP contribution is 2.17. The number of aryl methyl sites for hydroxylation is 1. The van der Waals surface area contributed by atoms with Crippen molar-refractivity contribution < 1.29 is 9.90 Å². The minimum absolute atomic E-state index is 0.0994. The van der Waals surface area contributed by atoms with Crippen LogP contribution in [0.25, 0.3) is 0 Å². The number of rotatable bonds is 6. The Morgan fingerprint density at radius 1 is 1.44 bits per heavy atom. The number of carbonyl (C=O) groups is 1. The summed E-state index contributed by atoms with van der Waals surface area (Å²) in [5, 5.41) is 8.73. The van der Waals surface area contributed by atoms with E-state index in [4.69, 9.17) is 5.11 Å². The first-order valence-corrected chi connectivity index (χ1v) is 6.26. The van der Waals surface area contributed by atoms with Gasteiger partial charge in [-0.2, -0.15) is 0 Å². The Kier molecular flexibility index (Phi) is 5.07. The van der Waals surface area contributed by atoms with E-state index in [9.17, 15) is 4.79 Å². The minimum atomic E-state index is -0.801. The molecule has 100 valence electrons. The molecule has 1 aromatic heterocycles. The predicted octanol–water partition coefficient (Wildman–Crippen LogP) is 2.21. The first-order chi connectivity index (χ1) is 8.43. The summed E-state index contributed by atoms with van der Waals surface area (Å²) in [6.45, 7) is 9.21. The first kappa shape index (κ1) is 14.4. The molecule has 0 saturated heterocycles. The van der Waals surface area contributed by atoms with Crippen molar-refractivity contribution in [2.24, 2.45) is 0 Å². The third-order valence-electron chi connectivity index (χ3n) is 2.71. The molecule has 0 aromatic carbocycles. The molecule has 0 unspecified atom stereocenters. The van der Waals surface area contributed by atoms with E-state index in [-0.39, 0.29) is 6.42 Å². The normalized spacial score (nSPS) is 10.7. The highest BCUT2D eigenvalue weighted by Gasteiger charge is 2.12. The average molecular weight is 251 g/mol. The molecule has 1 N–H and O–H groups in total. The van der Waals surface area contributed by atoms with Gasteiger partial charge in [-0.05, 0) is 25.8 Å². The van der Waals surface area contributed by atoms with E-state index in [1.165, 1.54) is 0 Å². The van der Waals surface area contributed by atoms with Crippen molar-refractivity contribution in [2.45, 2.75) is 40.0 Å². The van der Waals surface area contributed by atoms with Crippen LogP contribution in [-0.2, 0) is 4.79 Å². The van der Waals surface area contributed by atoms with Gasteiger partial charge in [-0.15, -0.1) is 0 Å². The third kappa shape index (κ3) is 3.98. The van der Waals surface area contributed by atoms with E-state index in [0.717, 1.165) is 11.4 Å². The lowest BCUT2D eigenvalue weighted by Crippen LogP contribution is -2.28. The Morgan fingerprint density at radius 2 is 2.11 bits per heavy atom. The number of aromatic nitrogens is 2. The van der Waals surface area contributed by atoms with Crippen LogP contribution in [0.1, 0.15) is 44.5 Å². The lowest BCUT2D eigenvalue weighted by atomic mass is 10.1. The Morgan fingerprint density at radius 3 is 2.61 bits per heavy atom. The standard InChI is InChI=1S/C13H21N3O2/c1-5-16(7-6-12(17)18)13-14-10(4)8-11(15-13)9(2)3/h8-9H,5-7H2,1-4H3,(H,17,18). The molecule has 0 saturated carbocycles. The lowest BCUT2D eigenvalue weighted by Gasteiger charge is -2.21. The van der Waals surface area contributed by atoms with Crippen LogP contribution >= 0.6 is 0 Å². The summed E-state index contributed by atoms with van der Waals surface area (Å²) in [7, 11) is 0. The predicted molar refractivity (Wildman–Crippen MR) is 71.0 cm³/mol. The molecule has 1 rings (SSSR count). The molecule has 0 atom stereocenters. The zero-order valence-corrected chi connectivity index (χ0v) is 11.5. The van der Waals surface area contributed by atoms with Crippen molar-refractivity contribution in [3.05, 3.63) is 17.5 Å². The van der Waals surface area contributed by atoms with E-state index in [2.05, 4.69) is 23.8 Å². The molecule has 0 aliphatic rings. The largest absolute Gasteiger partial charge is 0.481 e. The van der Waals surface area contributed by atoms with Crippen LogP contribution in [0.3, 0.4) is 0 Å². The highest BCUT2D eigenvalue weighted by atomic mass is 16.4. The molecular formula is C13H21N3O2. The lowest BCUT2D eigenvalue weighted by molar-refractivity contribution is -0.136. The summed E-state index contributed by atoms with van der Waals surface area (Å²) in [5.74, 6) is 0.163. The SMILES string of the molecule is CCN(CCC(=O)O)c1nc(C)cc(C(C)C)n1.